The summed E-state index contributed by atoms with van der Waals surface area (Å²) in [6.45, 7) is 2.11. The van der Waals surface area contributed by atoms with Gasteiger partial charge < -0.3 is 15.2 Å². The molecule has 2 aromatic carbocycles. The lowest BCUT2D eigenvalue weighted by Crippen LogP contribution is -2.13. The summed E-state index contributed by atoms with van der Waals surface area (Å²) in [5, 5.41) is 13.1. The average Bonchev–Trinajstić information content (AvgIpc) is 2.89. The van der Waals surface area contributed by atoms with Crippen molar-refractivity contribution in [1.29, 1.82) is 0 Å². The van der Waals surface area contributed by atoms with E-state index in [0.29, 0.717) is 12.3 Å². The number of nitrogens with one attached hydrogen (secondary N) is 1. The van der Waals surface area contributed by atoms with Crippen LogP contribution in [0.5, 0.6) is 11.5 Å². The minimum absolute atomic E-state index is 0.329. The lowest BCUT2D eigenvalue weighted by molar-refractivity contribution is 0.352. The molecule has 0 fully saturated rings. The molecule has 0 aliphatic carbocycles. The van der Waals surface area contributed by atoms with Crippen LogP contribution in [0.4, 0.5) is 0 Å². The van der Waals surface area contributed by atoms with E-state index in [1.54, 1.807) is 6.07 Å². The first-order valence-corrected chi connectivity index (χ1v) is 7.45. The number of hydrogen-bond acceptors (Lipinski definition) is 3. The van der Waals surface area contributed by atoms with Gasteiger partial charge in [0.2, 0.25) is 0 Å². The van der Waals surface area contributed by atoms with Crippen molar-refractivity contribution in [3.63, 3.8) is 0 Å². The van der Waals surface area contributed by atoms with Crippen LogP contribution >= 0.6 is 15.9 Å². The zero-order valence-corrected chi connectivity index (χ0v) is 12.6. The molecule has 0 spiro atoms. The highest BCUT2D eigenvalue weighted by Gasteiger charge is 2.17. The van der Waals surface area contributed by atoms with Crippen LogP contribution in [0.2, 0.25) is 0 Å². The van der Waals surface area contributed by atoms with E-state index in [2.05, 4.69) is 33.4 Å². The highest BCUT2D eigenvalue weighted by molar-refractivity contribution is 9.10. The Labute approximate surface area is 126 Å². The molecule has 4 heteroatoms. The predicted molar refractivity (Wildman–Crippen MR) is 82.0 cm³/mol. The van der Waals surface area contributed by atoms with Gasteiger partial charge in [-0.1, -0.05) is 34.1 Å². The minimum Gasteiger partial charge on any atom is -0.508 e. The smallest absolute Gasteiger partial charge is 0.127 e. The van der Waals surface area contributed by atoms with Gasteiger partial charge in [0.1, 0.15) is 11.5 Å². The fourth-order valence-electron chi connectivity index (χ4n) is 2.47. The molecule has 0 aromatic heterocycles. The van der Waals surface area contributed by atoms with E-state index in [0.717, 1.165) is 40.9 Å². The Balaban J connectivity index is 1.69. The second-order valence-corrected chi connectivity index (χ2v) is 5.80. The highest BCUT2D eigenvalue weighted by Crippen LogP contribution is 2.32. The fourth-order valence-corrected chi connectivity index (χ4v) is 3.02. The quantitative estimate of drug-likeness (QED) is 0.901. The van der Waals surface area contributed by atoms with Gasteiger partial charge in [0.05, 0.1) is 6.61 Å². The Morgan fingerprint density at radius 2 is 1.95 bits per heavy atom. The molecule has 104 valence electrons. The number of halogens is 1. The van der Waals surface area contributed by atoms with Gasteiger partial charge in [-0.3, -0.25) is 0 Å². The molecule has 0 radical (unpaired) electrons. The molecule has 20 heavy (non-hydrogen) atoms. The Morgan fingerprint density at radius 3 is 2.80 bits per heavy atom. The molecule has 0 atom stereocenters. The topological polar surface area (TPSA) is 41.5 Å². The van der Waals surface area contributed by atoms with E-state index in [4.69, 9.17) is 4.74 Å². The number of aromatic hydroxyl groups is 1. The van der Waals surface area contributed by atoms with Crippen molar-refractivity contribution in [1.82, 2.24) is 5.32 Å². The number of ether oxygens (including phenoxy) is 1. The Hall–Kier alpha value is -1.52. The van der Waals surface area contributed by atoms with Crippen LogP contribution in [0.25, 0.3) is 0 Å². The monoisotopic (exact) mass is 333 g/mol. The second-order valence-electron chi connectivity index (χ2n) is 4.88. The molecular weight excluding hydrogens is 318 g/mol. The van der Waals surface area contributed by atoms with Gasteiger partial charge in [-0.05, 0) is 23.8 Å². The van der Waals surface area contributed by atoms with Crippen LogP contribution in [0, 0.1) is 0 Å². The van der Waals surface area contributed by atoms with Crippen LogP contribution in [0.1, 0.15) is 16.7 Å². The molecule has 2 N–H and O–H groups in total. The van der Waals surface area contributed by atoms with Crippen LogP contribution < -0.4 is 10.1 Å². The van der Waals surface area contributed by atoms with Gasteiger partial charge in [0, 0.05) is 35.1 Å². The Bertz CT molecular complexity index is 628. The van der Waals surface area contributed by atoms with Crippen LogP contribution in [0.15, 0.2) is 40.9 Å². The van der Waals surface area contributed by atoms with Crippen molar-refractivity contribution in [3.8, 4) is 11.5 Å². The summed E-state index contributed by atoms with van der Waals surface area (Å²) in [6, 6.07) is 11.6. The second kappa shape index (κ2) is 5.85. The van der Waals surface area contributed by atoms with E-state index in [1.165, 1.54) is 5.56 Å². The van der Waals surface area contributed by atoms with Crippen molar-refractivity contribution in [3.05, 3.63) is 57.6 Å². The van der Waals surface area contributed by atoms with Crippen molar-refractivity contribution in [2.45, 2.75) is 19.5 Å². The number of hydrogen-bond donors (Lipinski definition) is 2. The number of phenols is 1. The van der Waals surface area contributed by atoms with Gasteiger partial charge in [-0.15, -0.1) is 0 Å². The van der Waals surface area contributed by atoms with Gasteiger partial charge in [0.25, 0.3) is 0 Å². The zero-order chi connectivity index (χ0) is 13.9. The van der Waals surface area contributed by atoms with E-state index in [-0.39, 0.29) is 0 Å². The number of phenolic OH excluding ortho intramolecular Hbond substituents is 1. The summed E-state index contributed by atoms with van der Waals surface area (Å²) >= 11 is 3.54. The van der Waals surface area contributed by atoms with Crippen LogP contribution in [-0.4, -0.2) is 11.7 Å². The minimum atomic E-state index is 0.329. The summed E-state index contributed by atoms with van der Waals surface area (Å²) in [5.41, 5.74) is 3.32. The van der Waals surface area contributed by atoms with Crippen molar-refractivity contribution in [2.75, 3.05) is 6.61 Å². The van der Waals surface area contributed by atoms with Crippen LogP contribution in [-0.2, 0) is 19.5 Å². The largest absolute Gasteiger partial charge is 0.508 e. The van der Waals surface area contributed by atoms with Crippen molar-refractivity contribution >= 4 is 15.9 Å². The van der Waals surface area contributed by atoms with Crippen molar-refractivity contribution in [2.24, 2.45) is 0 Å². The molecule has 0 saturated heterocycles. The SMILES string of the molecule is Oc1ccccc1CNCc1cc(Br)cc2c1OCC2. The van der Waals surface area contributed by atoms with E-state index in [9.17, 15) is 5.11 Å². The lowest BCUT2D eigenvalue weighted by atomic mass is 10.1. The molecule has 1 aliphatic heterocycles. The highest BCUT2D eigenvalue weighted by atomic mass is 79.9. The number of fused-ring (bicyclic) bond motifs is 1. The molecule has 3 nitrogen and oxygen atoms in total. The first-order chi connectivity index (χ1) is 9.74. The fraction of sp³-hybridized carbons (Fsp3) is 0.250. The molecule has 0 unspecified atom stereocenters. The summed E-state index contributed by atoms with van der Waals surface area (Å²) in [6.07, 6.45) is 0.973. The third-order valence-electron chi connectivity index (χ3n) is 3.45. The summed E-state index contributed by atoms with van der Waals surface area (Å²) in [7, 11) is 0. The maximum absolute atomic E-state index is 9.73. The normalized spacial score (nSPS) is 13.1. The first-order valence-electron chi connectivity index (χ1n) is 6.66. The number of para-hydroxylation sites is 1. The standard InChI is InChI=1S/C16H16BrNO2/c17-14-7-11-5-6-20-16(11)13(8-14)10-18-9-12-3-1-2-4-15(12)19/h1-4,7-8,18-19H,5-6,9-10H2. The third-order valence-corrected chi connectivity index (χ3v) is 3.91. The lowest BCUT2D eigenvalue weighted by Gasteiger charge is -2.11. The van der Waals surface area contributed by atoms with Gasteiger partial charge in [0.15, 0.2) is 0 Å². The molecule has 2 aromatic rings. The summed E-state index contributed by atoms with van der Waals surface area (Å²) in [5.74, 6) is 1.34. The third kappa shape index (κ3) is 2.81. The first kappa shape index (κ1) is 13.5. The van der Waals surface area contributed by atoms with Gasteiger partial charge in [-0.25, -0.2) is 0 Å². The maximum atomic E-state index is 9.73. The van der Waals surface area contributed by atoms with E-state index >= 15 is 0 Å². The molecule has 3 rings (SSSR count). The Kier molecular flexibility index (Phi) is 3.94. The van der Waals surface area contributed by atoms with E-state index < -0.39 is 0 Å². The van der Waals surface area contributed by atoms with Gasteiger partial charge >= 0.3 is 0 Å². The van der Waals surface area contributed by atoms with Gasteiger partial charge in [-0.2, -0.15) is 0 Å². The molecule has 0 amide bonds. The molecule has 1 heterocycles. The van der Waals surface area contributed by atoms with Crippen molar-refractivity contribution < 1.29 is 9.84 Å². The predicted octanol–water partition coefficient (Wildman–Crippen LogP) is 3.38. The summed E-state index contributed by atoms with van der Waals surface area (Å²) < 4.78 is 6.79. The molecular formula is C16H16BrNO2. The molecule has 0 saturated carbocycles. The average molecular weight is 334 g/mol. The molecule has 0 bridgehead atoms. The maximum Gasteiger partial charge on any atom is 0.127 e. The Morgan fingerprint density at radius 1 is 1.15 bits per heavy atom. The van der Waals surface area contributed by atoms with E-state index in [1.807, 2.05) is 18.2 Å². The zero-order valence-electron chi connectivity index (χ0n) is 11.0. The number of rotatable bonds is 4. The summed E-state index contributed by atoms with van der Waals surface area (Å²) in [4.78, 5) is 0. The molecule has 1 aliphatic rings. The van der Waals surface area contributed by atoms with Crippen LogP contribution in [0.3, 0.4) is 0 Å². The number of benzene rings is 2.